The van der Waals surface area contributed by atoms with Crippen LogP contribution in [0.2, 0.25) is 0 Å². The first kappa shape index (κ1) is 12.2. The Labute approximate surface area is 109 Å². The average molecular weight is 295 g/mol. The number of carbonyl (C=O) groups excluding carboxylic acids is 1. The minimum Gasteiger partial charge on any atom is -0.366 e. The molecular formula is C13H15BrN2O. The number of amides is 1. The number of aryl methyl sites for hydroxylation is 1. The molecule has 1 heterocycles. The molecule has 0 aliphatic heterocycles. The van der Waals surface area contributed by atoms with E-state index in [2.05, 4.69) is 20.9 Å². The van der Waals surface area contributed by atoms with Crippen molar-refractivity contribution in [2.75, 3.05) is 5.33 Å². The Bertz CT molecular complexity index is 533. The number of aromatic nitrogens is 1. The lowest BCUT2D eigenvalue weighted by Crippen LogP contribution is -2.10. The zero-order chi connectivity index (χ0) is 12.3. The number of nitrogens with one attached hydrogen (secondary N) is 1. The Morgan fingerprint density at radius 2 is 2.18 bits per heavy atom. The molecule has 2 rings (SSSR count). The van der Waals surface area contributed by atoms with Gasteiger partial charge in [-0.1, -0.05) is 15.9 Å². The standard InChI is InChI=1S/C13H15BrN2O/c14-6-2-1-3-10-8-16-12-5-4-9(13(15)17)7-11(10)12/h4-5,7-8,16H,1-3,6H2,(H2,15,17). The number of primary amides is 1. The van der Waals surface area contributed by atoms with Crippen molar-refractivity contribution in [3.05, 3.63) is 35.5 Å². The van der Waals surface area contributed by atoms with Gasteiger partial charge in [-0.15, -0.1) is 0 Å². The van der Waals surface area contributed by atoms with Crippen molar-refractivity contribution in [2.24, 2.45) is 5.73 Å². The van der Waals surface area contributed by atoms with Gasteiger partial charge >= 0.3 is 0 Å². The Balaban J connectivity index is 2.30. The van der Waals surface area contributed by atoms with Crippen molar-refractivity contribution in [3.63, 3.8) is 0 Å². The number of H-pyrrole nitrogens is 1. The Hall–Kier alpha value is -1.29. The molecule has 17 heavy (non-hydrogen) atoms. The summed E-state index contributed by atoms with van der Waals surface area (Å²) in [4.78, 5) is 14.4. The van der Waals surface area contributed by atoms with Crippen molar-refractivity contribution >= 4 is 32.7 Å². The monoisotopic (exact) mass is 294 g/mol. The zero-order valence-electron chi connectivity index (χ0n) is 9.50. The Kier molecular flexibility index (Phi) is 3.84. The predicted molar refractivity (Wildman–Crippen MR) is 73.5 cm³/mol. The summed E-state index contributed by atoms with van der Waals surface area (Å²) in [6, 6.07) is 5.53. The van der Waals surface area contributed by atoms with E-state index in [0.29, 0.717) is 5.56 Å². The zero-order valence-corrected chi connectivity index (χ0v) is 11.1. The van der Waals surface area contributed by atoms with Gasteiger partial charge in [-0.25, -0.2) is 0 Å². The van der Waals surface area contributed by atoms with Gasteiger partial charge in [0.05, 0.1) is 0 Å². The van der Waals surface area contributed by atoms with E-state index in [4.69, 9.17) is 5.73 Å². The van der Waals surface area contributed by atoms with Crippen LogP contribution in [-0.4, -0.2) is 16.2 Å². The third-order valence-electron chi connectivity index (χ3n) is 2.88. The highest BCUT2D eigenvalue weighted by atomic mass is 79.9. The highest BCUT2D eigenvalue weighted by Crippen LogP contribution is 2.21. The maximum atomic E-state index is 11.1. The lowest BCUT2D eigenvalue weighted by molar-refractivity contribution is 0.100. The van der Waals surface area contributed by atoms with Crippen LogP contribution in [0.1, 0.15) is 28.8 Å². The van der Waals surface area contributed by atoms with Crippen LogP contribution in [-0.2, 0) is 6.42 Å². The van der Waals surface area contributed by atoms with E-state index < -0.39 is 0 Å². The summed E-state index contributed by atoms with van der Waals surface area (Å²) in [5.74, 6) is -0.375. The maximum Gasteiger partial charge on any atom is 0.248 e. The van der Waals surface area contributed by atoms with E-state index in [-0.39, 0.29) is 5.91 Å². The summed E-state index contributed by atoms with van der Waals surface area (Å²) in [5, 5.41) is 2.14. The SMILES string of the molecule is NC(=O)c1ccc2[nH]cc(CCCCBr)c2c1. The molecule has 0 spiro atoms. The second-order valence-electron chi connectivity index (χ2n) is 4.08. The summed E-state index contributed by atoms with van der Waals surface area (Å²) in [6.45, 7) is 0. The molecule has 1 amide bonds. The quantitative estimate of drug-likeness (QED) is 0.646. The number of halogens is 1. The van der Waals surface area contributed by atoms with E-state index in [0.717, 1.165) is 35.5 Å². The van der Waals surface area contributed by atoms with Gasteiger partial charge in [0.2, 0.25) is 5.91 Å². The molecule has 0 atom stereocenters. The number of hydrogen-bond donors (Lipinski definition) is 2. The van der Waals surface area contributed by atoms with Gasteiger partial charge in [0.1, 0.15) is 0 Å². The topological polar surface area (TPSA) is 58.9 Å². The fraction of sp³-hybridized carbons (Fsp3) is 0.308. The molecule has 0 bridgehead atoms. The molecule has 0 radical (unpaired) electrons. The number of hydrogen-bond acceptors (Lipinski definition) is 1. The third kappa shape index (κ3) is 2.69. The number of alkyl halides is 1. The molecule has 0 aliphatic rings. The first-order valence-electron chi connectivity index (χ1n) is 5.68. The van der Waals surface area contributed by atoms with Crippen LogP contribution in [0.5, 0.6) is 0 Å². The lowest BCUT2D eigenvalue weighted by atomic mass is 10.1. The summed E-state index contributed by atoms with van der Waals surface area (Å²) >= 11 is 3.43. The molecule has 3 nitrogen and oxygen atoms in total. The van der Waals surface area contributed by atoms with E-state index in [9.17, 15) is 4.79 Å². The number of fused-ring (bicyclic) bond motifs is 1. The molecule has 0 saturated carbocycles. The Morgan fingerprint density at radius 1 is 1.35 bits per heavy atom. The highest BCUT2D eigenvalue weighted by molar-refractivity contribution is 9.09. The maximum absolute atomic E-state index is 11.1. The number of benzene rings is 1. The third-order valence-corrected chi connectivity index (χ3v) is 3.44. The molecule has 0 fully saturated rings. The summed E-state index contributed by atoms with van der Waals surface area (Å²) in [7, 11) is 0. The minimum atomic E-state index is -0.375. The number of rotatable bonds is 5. The number of unbranched alkanes of at least 4 members (excludes halogenated alkanes) is 1. The van der Waals surface area contributed by atoms with Gasteiger partial charge in [0, 0.05) is 28.0 Å². The van der Waals surface area contributed by atoms with Crippen molar-refractivity contribution in [1.82, 2.24) is 4.98 Å². The molecule has 3 N–H and O–H groups in total. The van der Waals surface area contributed by atoms with Crippen molar-refractivity contribution in [3.8, 4) is 0 Å². The molecule has 1 aromatic carbocycles. The van der Waals surface area contributed by atoms with Gasteiger partial charge in [-0.2, -0.15) is 0 Å². The van der Waals surface area contributed by atoms with Crippen molar-refractivity contribution in [1.29, 1.82) is 0 Å². The van der Waals surface area contributed by atoms with Crippen LogP contribution < -0.4 is 5.73 Å². The van der Waals surface area contributed by atoms with E-state index in [1.54, 1.807) is 6.07 Å². The Morgan fingerprint density at radius 3 is 2.88 bits per heavy atom. The number of carbonyl (C=O) groups is 1. The molecule has 0 saturated heterocycles. The van der Waals surface area contributed by atoms with Gasteiger partial charge in [-0.05, 0) is 43.0 Å². The summed E-state index contributed by atoms with van der Waals surface area (Å²) in [5.41, 5.74) is 8.17. The molecule has 0 aliphatic carbocycles. The molecule has 90 valence electrons. The second kappa shape index (κ2) is 5.36. The smallest absolute Gasteiger partial charge is 0.248 e. The van der Waals surface area contributed by atoms with Crippen LogP contribution in [0.15, 0.2) is 24.4 Å². The van der Waals surface area contributed by atoms with Crippen LogP contribution >= 0.6 is 15.9 Å². The van der Waals surface area contributed by atoms with E-state index >= 15 is 0 Å². The first-order chi connectivity index (χ1) is 8.22. The van der Waals surface area contributed by atoms with Gasteiger partial charge < -0.3 is 10.7 Å². The van der Waals surface area contributed by atoms with Gasteiger partial charge in [0.25, 0.3) is 0 Å². The molecule has 2 aromatic rings. The average Bonchev–Trinajstić information content (AvgIpc) is 2.72. The highest BCUT2D eigenvalue weighted by Gasteiger charge is 2.06. The van der Waals surface area contributed by atoms with Gasteiger partial charge in [0.15, 0.2) is 0 Å². The fourth-order valence-electron chi connectivity index (χ4n) is 1.95. The summed E-state index contributed by atoms with van der Waals surface area (Å²) in [6.07, 6.45) is 5.33. The first-order valence-corrected chi connectivity index (χ1v) is 6.80. The predicted octanol–water partition coefficient (Wildman–Crippen LogP) is 2.98. The van der Waals surface area contributed by atoms with Gasteiger partial charge in [-0.3, -0.25) is 4.79 Å². The number of nitrogens with two attached hydrogens (primary N) is 1. The van der Waals surface area contributed by atoms with Crippen LogP contribution in [0.25, 0.3) is 10.9 Å². The summed E-state index contributed by atoms with van der Waals surface area (Å²) < 4.78 is 0. The minimum absolute atomic E-state index is 0.375. The van der Waals surface area contributed by atoms with Crippen molar-refractivity contribution < 1.29 is 4.79 Å². The molecular weight excluding hydrogens is 280 g/mol. The van der Waals surface area contributed by atoms with E-state index in [1.165, 1.54) is 5.56 Å². The normalized spacial score (nSPS) is 10.9. The molecule has 4 heteroatoms. The molecule has 0 unspecified atom stereocenters. The van der Waals surface area contributed by atoms with E-state index in [1.807, 2.05) is 18.3 Å². The molecule has 1 aromatic heterocycles. The lowest BCUT2D eigenvalue weighted by Gasteiger charge is -2.00. The second-order valence-corrected chi connectivity index (χ2v) is 4.88. The fourth-order valence-corrected chi connectivity index (χ4v) is 2.34. The van der Waals surface area contributed by atoms with Crippen LogP contribution in [0.3, 0.4) is 0 Å². The number of aromatic amines is 1. The van der Waals surface area contributed by atoms with Crippen LogP contribution in [0.4, 0.5) is 0 Å². The van der Waals surface area contributed by atoms with Crippen LogP contribution in [0, 0.1) is 0 Å². The van der Waals surface area contributed by atoms with Crippen molar-refractivity contribution in [2.45, 2.75) is 19.3 Å². The largest absolute Gasteiger partial charge is 0.366 e.